The minimum atomic E-state index is 0.289. The molecule has 0 unspecified atom stereocenters. The van der Waals surface area contributed by atoms with Crippen LogP contribution in [-0.2, 0) is 0 Å². The molecule has 22 heavy (non-hydrogen) atoms. The van der Waals surface area contributed by atoms with Gasteiger partial charge < -0.3 is 9.73 Å². The van der Waals surface area contributed by atoms with E-state index in [-0.39, 0.29) is 6.04 Å². The Morgan fingerprint density at radius 3 is 3.05 bits per heavy atom. The van der Waals surface area contributed by atoms with Crippen molar-refractivity contribution in [3.63, 3.8) is 0 Å². The molecule has 0 radical (unpaired) electrons. The Balaban J connectivity index is 1.47. The van der Waals surface area contributed by atoms with Gasteiger partial charge in [0, 0.05) is 6.54 Å². The third kappa shape index (κ3) is 2.46. The lowest BCUT2D eigenvalue weighted by Crippen LogP contribution is -2.35. The van der Waals surface area contributed by atoms with E-state index in [4.69, 9.17) is 4.42 Å². The summed E-state index contributed by atoms with van der Waals surface area (Å²) in [5, 5.41) is 8.01. The minimum absolute atomic E-state index is 0.289. The summed E-state index contributed by atoms with van der Waals surface area (Å²) < 4.78 is 7.72. The number of hydrogen-bond acceptors (Lipinski definition) is 5. The van der Waals surface area contributed by atoms with Crippen LogP contribution in [0.3, 0.4) is 0 Å². The van der Waals surface area contributed by atoms with E-state index in [1.54, 1.807) is 12.6 Å². The van der Waals surface area contributed by atoms with Gasteiger partial charge in [-0.25, -0.2) is 9.67 Å². The van der Waals surface area contributed by atoms with Gasteiger partial charge in [-0.15, -0.1) is 0 Å². The van der Waals surface area contributed by atoms with Crippen LogP contribution in [-0.4, -0.2) is 39.3 Å². The van der Waals surface area contributed by atoms with Gasteiger partial charge in [-0.2, -0.15) is 5.10 Å². The molecule has 2 aliphatic rings. The van der Waals surface area contributed by atoms with Crippen molar-refractivity contribution in [2.75, 3.05) is 19.6 Å². The number of furan rings is 1. The number of nitrogens with zero attached hydrogens (tertiary/aromatic N) is 4. The summed E-state index contributed by atoms with van der Waals surface area (Å²) in [4.78, 5) is 6.94. The monoisotopic (exact) mass is 301 g/mol. The highest BCUT2D eigenvalue weighted by Crippen LogP contribution is 2.32. The van der Waals surface area contributed by atoms with Crippen molar-refractivity contribution >= 4 is 0 Å². The fourth-order valence-corrected chi connectivity index (χ4v) is 3.77. The molecule has 6 nitrogen and oxygen atoms in total. The fourth-order valence-electron chi connectivity index (χ4n) is 3.77. The largest absolute Gasteiger partial charge is 0.468 e. The molecule has 6 heteroatoms. The standard InChI is InChI=1S/C16H23N5O/c1-12-9-13(16-18-11-19-21(12)16)17-10-14(15-5-4-8-22-15)20-6-2-3-7-20/h4-5,8,11-14,17H,2-3,6-7,9-10H2,1H3/t12-,13+,14-/m1/s1. The summed E-state index contributed by atoms with van der Waals surface area (Å²) in [6.45, 7) is 5.40. The zero-order valence-electron chi connectivity index (χ0n) is 13.0. The van der Waals surface area contributed by atoms with E-state index < -0.39 is 0 Å². The lowest BCUT2D eigenvalue weighted by Gasteiger charge is -2.27. The van der Waals surface area contributed by atoms with Gasteiger partial charge in [0.05, 0.1) is 24.4 Å². The molecule has 0 spiro atoms. The molecule has 4 heterocycles. The molecule has 4 rings (SSSR count). The van der Waals surface area contributed by atoms with Crippen LogP contribution in [0.25, 0.3) is 0 Å². The van der Waals surface area contributed by atoms with E-state index in [0.29, 0.717) is 12.1 Å². The van der Waals surface area contributed by atoms with Crippen molar-refractivity contribution in [3.8, 4) is 0 Å². The van der Waals surface area contributed by atoms with Crippen LogP contribution in [0.2, 0.25) is 0 Å². The van der Waals surface area contributed by atoms with Crippen LogP contribution in [0.4, 0.5) is 0 Å². The first kappa shape index (κ1) is 14.0. The smallest absolute Gasteiger partial charge is 0.144 e. The highest BCUT2D eigenvalue weighted by molar-refractivity contribution is 5.08. The van der Waals surface area contributed by atoms with Crippen LogP contribution in [0.15, 0.2) is 29.1 Å². The molecule has 2 aliphatic heterocycles. The van der Waals surface area contributed by atoms with E-state index >= 15 is 0 Å². The molecule has 0 bridgehead atoms. The summed E-state index contributed by atoms with van der Waals surface area (Å²) in [5.41, 5.74) is 0. The van der Waals surface area contributed by atoms with E-state index in [2.05, 4.69) is 33.3 Å². The van der Waals surface area contributed by atoms with E-state index in [0.717, 1.165) is 37.6 Å². The predicted molar refractivity (Wildman–Crippen MR) is 82.3 cm³/mol. The maximum absolute atomic E-state index is 5.68. The SMILES string of the molecule is C[C@@H]1C[C@H](NC[C@H](c2ccco2)N2CCCC2)c2ncnn21. The maximum atomic E-state index is 5.68. The molecule has 0 aliphatic carbocycles. The van der Waals surface area contributed by atoms with Gasteiger partial charge in [-0.1, -0.05) is 0 Å². The average molecular weight is 301 g/mol. The maximum Gasteiger partial charge on any atom is 0.144 e. The molecule has 0 amide bonds. The molecule has 0 saturated carbocycles. The lowest BCUT2D eigenvalue weighted by molar-refractivity contribution is 0.204. The summed E-state index contributed by atoms with van der Waals surface area (Å²) >= 11 is 0. The van der Waals surface area contributed by atoms with Gasteiger partial charge in [-0.05, 0) is 51.4 Å². The second-order valence-corrected chi connectivity index (χ2v) is 6.38. The first-order valence-electron chi connectivity index (χ1n) is 8.23. The highest BCUT2D eigenvalue weighted by atomic mass is 16.3. The van der Waals surface area contributed by atoms with Gasteiger partial charge in [0.15, 0.2) is 0 Å². The third-order valence-electron chi connectivity index (χ3n) is 4.92. The van der Waals surface area contributed by atoms with Gasteiger partial charge in [-0.3, -0.25) is 4.90 Å². The van der Waals surface area contributed by atoms with Gasteiger partial charge in [0.1, 0.15) is 17.9 Å². The van der Waals surface area contributed by atoms with E-state index in [9.17, 15) is 0 Å². The van der Waals surface area contributed by atoms with Gasteiger partial charge in [0.25, 0.3) is 0 Å². The number of hydrogen-bond donors (Lipinski definition) is 1. The second kappa shape index (κ2) is 5.85. The molecule has 118 valence electrons. The molecule has 3 atom stereocenters. The first-order valence-corrected chi connectivity index (χ1v) is 8.23. The van der Waals surface area contributed by atoms with Gasteiger partial charge in [0.2, 0.25) is 0 Å². The topological polar surface area (TPSA) is 59.1 Å². The molecule has 1 fully saturated rings. The average Bonchev–Trinajstić information content (AvgIpc) is 3.27. The van der Waals surface area contributed by atoms with Crippen LogP contribution in [0, 0.1) is 0 Å². The van der Waals surface area contributed by atoms with Crippen molar-refractivity contribution in [3.05, 3.63) is 36.3 Å². The number of rotatable bonds is 5. The van der Waals surface area contributed by atoms with Crippen LogP contribution < -0.4 is 5.32 Å². The van der Waals surface area contributed by atoms with Crippen molar-refractivity contribution in [1.82, 2.24) is 25.0 Å². The van der Waals surface area contributed by atoms with Gasteiger partial charge >= 0.3 is 0 Å². The lowest BCUT2D eigenvalue weighted by atomic mass is 10.1. The zero-order chi connectivity index (χ0) is 14.9. The first-order chi connectivity index (χ1) is 10.8. The van der Waals surface area contributed by atoms with Crippen molar-refractivity contribution < 1.29 is 4.42 Å². The molecular weight excluding hydrogens is 278 g/mol. The quantitative estimate of drug-likeness (QED) is 0.918. The molecular formula is C16H23N5O. The number of aromatic nitrogens is 3. The Kier molecular flexibility index (Phi) is 3.72. The highest BCUT2D eigenvalue weighted by Gasteiger charge is 2.32. The van der Waals surface area contributed by atoms with Crippen LogP contribution >= 0.6 is 0 Å². The Morgan fingerprint density at radius 1 is 1.41 bits per heavy atom. The Hall–Kier alpha value is -1.66. The zero-order valence-corrected chi connectivity index (χ0v) is 13.0. The third-order valence-corrected chi connectivity index (χ3v) is 4.92. The summed E-state index contributed by atoms with van der Waals surface area (Å²) in [7, 11) is 0. The normalized spacial score (nSPS) is 26.4. The predicted octanol–water partition coefficient (Wildman–Crippen LogP) is 2.30. The summed E-state index contributed by atoms with van der Waals surface area (Å²) in [6, 6.07) is 5.09. The van der Waals surface area contributed by atoms with Crippen molar-refractivity contribution in [1.29, 1.82) is 0 Å². The summed E-state index contributed by atoms with van der Waals surface area (Å²) in [5.74, 6) is 2.12. The Bertz CT molecular complexity index is 602. The van der Waals surface area contributed by atoms with Crippen LogP contribution in [0.1, 0.15) is 55.9 Å². The molecule has 0 aromatic carbocycles. The van der Waals surface area contributed by atoms with E-state index in [1.807, 2.05) is 10.7 Å². The number of fused-ring (bicyclic) bond motifs is 1. The fraction of sp³-hybridized carbons (Fsp3) is 0.625. The molecule has 2 aromatic rings. The molecule has 1 N–H and O–H groups in total. The van der Waals surface area contributed by atoms with Crippen molar-refractivity contribution in [2.45, 2.75) is 44.3 Å². The number of likely N-dealkylation sites (tertiary alicyclic amines) is 1. The Morgan fingerprint density at radius 2 is 2.27 bits per heavy atom. The second-order valence-electron chi connectivity index (χ2n) is 6.38. The minimum Gasteiger partial charge on any atom is -0.468 e. The summed E-state index contributed by atoms with van der Waals surface area (Å²) in [6.07, 6.45) is 7.05. The van der Waals surface area contributed by atoms with Crippen molar-refractivity contribution in [2.24, 2.45) is 0 Å². The van der Waals surface area contributed by atoms with Crippen LogP contribution in [0.5, 0.6) is 0 Å². The molecule has 2 aromatic heterocycles. The number of nitrogens with one attached hydrogen (secondary N) is 1. The Labute approximate surface area is 130 Å². The van der Waals surface area contributed by atoms with E-state index in [1.165, 1.54) is 12.8 Å². The molecule has 1 saturated heterocycles.